The first-order chi connectivity index (χ1) is 22.4. The molecule has 0 atom stereocenters. The number of aldehydes is 2. The molecule has 1 saturated heterocycles. The van der Waals surface area contributed by atoms with Crippen molar-refractivity contribution >= 4 is 63.8 Å². The molecule has 1 aliphatic rings. The van der Waals surface area contributed by atoms with Crippen LogP contribution < -0.4 is 16.9 Å². The molecule has 0 aliphatic carbocycles. The largest absolute Gasteiger partial charge is 0.495 e. The lowest BCUT2D eigenvalue weighted by molar-refractivity contribution is -0.384. The Balaban J connectivity index is 0.000000205. The Morgan fingerprint density at radius 2 is 1.21 bits per heavy atom. The normalized spacial score (nSPS) is 14.1. The number of anilines is 2. The van der Waals surface area contributed by atoms with Crippen LogP contribution in [0.3, 0.4) is 0 Å². The maximum absolute atomic E-state index is 13.7. The molecule has 1 fully saturated rings. The van der Waals surface area contributed by atoms with E-state index in [1.807, 2.05) is 27.7 Å². The second kappa shape index (κ2) is 15.2. The molecular weight excluding hydrogens is 697 g/mol. The van der Waals surface area contributed by atoms with Gasteiger partial charge in [-0.25, -0.2) is 8.78 Å². The fraction of sp³-hybridized carbons (Fsp3) is 0.188. The summed E-state index contributed by atoms with van der Waals surface area (Å²) in [5.74, 6) is -0.921. The molecule has 48 heavy (non-hydrogen) atoms. The zero-order chi connectivity index (χ0) is 36.0. The highest BCUT2D eigenvalue weighted by atomic mass is 79.9. The second-order valence-corrected chi connectivity index (χ2v) is 12.2. The van der Waals surface area contributed by atoms with Gasteiger partial charge in [0.05, 0.1) is 25.5 Å². The van der Waals surface area contributed by atoms with Crippen LogP contribution in [0.2, 0.25) is 0 Å². The van der Waals surface area contributed by atoms with Crippen molar-refractivity contribution < 1.29 is 37.5 Å². The van der Waals surface area contributed by atoms with Crippen LogP contribution >= 0.6 is 15.9 Å². The first-order valence-electron chi connectivity index (χ1n) is 14.0. The molecule has 0 unspecified atom stereocenters. The van der Waals surface area contributed by atoms with Gasteiger partial charge in [-0.2, -0.15) is 0 Å². The Bertz CT molecular complexity index is 1860. The summed E-state index contributed by atoms with van der Waals surface area (Å²) in [6.45, 7) is 7.72. The fourth-order valence-electron chi connectivity index (χ4n) is 4.14. The molecule has 1 heterocycles. The quantitative estimate of drug-likeness (QED) is 0.0713. The molecule has 5 rings (SSSR count). The number of rotatable bonds is 6. The molecule has 0 radical (unpaired) electrons. The van der Waals surface area contributed by atoms with Gasteiger partial charge in [-0.05, 0) is 103 Å². The van der Waals surface area contributed by atoms with E-state index in [2.05, 4.69) is 15.9 Å². The third-order valence-electron chi connectivity index (χ3n) is 7.52. The number of halogens is 3. The van der Waals surface area contributed by atoms with E-state index in [0.717, 1.165) is 6.07 Å². The Labute approximate surface area is 282 Å². The first kappa shape index (κ1) is 37.4. The third kappa shape index (κ3) is 8.84. The predicted octanol–water partition coefficient (Wildman–Crippen LogP) is 6.67. The fourth-order valence-corrected chi connectivity index (χ4v) is 4.53. The summed E-state index contributed by atoms with van der Waals surface area (Å²) in [5.41, 5.74) is 11.5. The molecule has 0 amide bonds. The summed E-state index contributed by atoms with van der Waals surface area (Å²) in [5, 5.41) is 21.7. The smallest absolute Gasteiger partial charge is 0.399 e. The number of nitro benzene ring substituents is 2. The number of nitro groups is 2. The van der Waals surface area contributed by atoms with E-state index in [1.165, 1.54) is 60.7 Å². The lowest BCUT2D eigenvalue weighted by Gasteiger charge is -2.32. The number of hydrogen-bond donors (Lipinski definition) is 2. The van der Waals surface area contributed by atoms with Gasteiger partial charge >= 0.3 is 7.12 Å². The highest BCUT2D eigenvalue weighted by Gasteiger charge is 2.52. The van der Waals surface area contributed by atoms with E-state index >= 15 is 0 Å². The average Bonchev–Trinajstić information content (AvgIpc) is 3.25. The minimum absolute atomic E-state index is 0.000648. The third-order valence-corrected chi connectivity index (χ3v) is 8.13. The maximum Gasteiger partial charge on any atom is 0.495 e. The molecular formula is C32H30BBrF2N4O8. The van der Waals surface area contributed by atoms with Crippen molar-refractivity contribution in [2.75, 3.05) is 11.5 Å². The van der Waals surface area contributed by atoms with Crippen LogP contribution in [0, 0.1) is 31.9 Å². The van der Waals surface area contributed by atoms with Crippen LogP contribution in [-0.4, -0.2) is 40.7 Å². The van der Waals surface area contributed by atoms with Gasteiger partial charge in [-0.3, -0.25) is 29.8 Å². The maximum atomic E-state index is 13.7. The molecule has 0 bridgehead atoms. The van der Waals surface area contributed by atoms with Gasteiger partial charge in [0.25, 0.3) is 11.4 Å². The van der Waals surface area contributed by atoms with Gasteiger partial charge < -0.3 is 20.8 Å². The number of carbonyl (C=O) groups excluding carboxylic acids is 2. The van der Waals surface area contributed by atoms with E-state index in [9.17, 15) is 38.6 Å². The molecule has 250 valence electrons. The summed E-state index contributed by atoms with van der Waals surface area (Å²) in [7, 11) is -0.621. The minimum atomic E-state index is -0.639. The molecule has 12 nitrogen and oxygen atoms in total. The SMILES string of the molecule is CC1(C)OB(c2ccc(N)c([N+](=O)[O-])c2)OC1(C)C.Nc1ccc(-c2cc(C=O)ccc2F)cc1[N+](=O)[O-].O=Cc1ccc(F)c(Br)c1. The average molecular weight is 727 g/mol. The van der Waals surface area contributed by atoms with E-state index in [0.29, 0.717) is 33.6 Å². The van der Waals surface area contributed by atoms with Gasteiger partial charge in [0.15, 0.2) is 0 Å². The number of hydrogen-bond acceptors (Lipinski definition) is 10. The topological polar surface area (TPSA) is 191 Å². The van der Waals surface area contributed by atoms with Crippen molar-refractivity contribution in [1.29, 1.82) is 0 Å². The molecule has 0 spiro atoms. The number of benzene rings is 4. The number of nitrogens with two attached hydrogens (primary N) is 2. The zero-order valence-electron chi connectivity index (χ0n) is 26.1. The van der Waals surface area contributed by atoms with Gasteiger partial charge in [0.1, 0.15) is 35.6 Å². The standard InChI is InChI=1S/C13H9FN2O3.C12H17BN2O4.C7H4BrFO/c14-11-3-1-8(7-17)5-10(11)9-2-4-12(15)13(6-9)16(18)19;1-11(2)12(3,4)19-13(18-11)8-5-6-9(14)10(7-8)15(16)17;8-6-3-5(4-10)1-2-7(6)9/h1-7H,15H2;5-7H,14H2,1-4H3;1-4H. The number of nitrogens with zero attached hydrogens (tertiary/aromatic N) is 2. The molecule has 4 aromatic rings. The molecule has 0 saturated carbocycles. The van der Waals surface area contributed by atoms with E-state index in [-0.39, 0.29) is 39.7 Å². The van der Waals surface area contributed by atoms with Crippen LogP contribution in [0.25, 0.3) is 11.1 Å². The predicted molar refractivity (Wildman–Crippen MR) is 181 cm³/mol. The van der Waals surface area contributed by atoms with Crippen molar-refractivity contribution in [3.63, 3.8) is 0 Å². The van der Waals surface area contributed by atoms with E-state index in [1.54, 1.807) is 6.07 Å². The number of nitrogen functional groups attached to an aromatic ring is 2. The first-order valence-corrected chi connectivity index (χ1v) is 14.8. The van der Waals surface area contributed by atoms with Gasteiger partial charge in [-0.15, -0.1) is 0 Å². The van der Waals surface area contributed by atoms with Crippen LogP contribution in [0.5, 0.6) is 0 Å². The van der Waals surface area contributed by atoms with Crippen LogP contribution in [0.1, 0.15) is 48.4 Å². The molecule has 0 aromatic heterocycles. The Hall–Kier alpha value is -5.06. The minimum Gasteiger partial charge on any atom is -0.399 e. The summed E-state index contributed by atoms with van der Waals surface area (Å²) < 4.78 is 38.2. The Morgan fingerprint density at radius 1 is 0.729 bits per heavy atom. The molecule has 4 aromatic carbocycles. The lowest BCUT2D eigenvalue weighted by atomic mass is 9.79. The zero-order valence-corrected chi connectivity index (χ0v) is 27.7. The van der Waals surface area contributed by atoms with E-state index in [4.69, 9.17) is 20.8 Å². The van der Waals surface area contributed by atoms with Gasteiger partial charge in [0.2, 0.25) is 0 Å². The Kier molecular flexibility index (Phi) is 11.9. The van der Waals surface area contributed by atoms with Crippen LogP contribution in [0.4, 0.5) is 31.5 Å². The van der Waals surface area contributed by atoms with Gasteiger partial charge in [-0.1, -0.05) is 12.1 Å². The molecule has 4 N–H and O–H groups in total. The van der Waals surface area contributed by atoms with E-state index < -0.39 is 34.0 Å². The Morgan fingerprint density at radius 3 is 1.71 bits per heavy atom. The lowest BCUT2D eigenvalue weighted by Crippen LogP contribution is -2.41. The van der Waals surface area contributed by atoms with Crippen molar-refractivity contribution in [3.8, 4) is 11.1 Å². The van der Waals surface area contributed by atoms with Crippen LogP contribution in [-0.2, 0) is 9.31 Å². The number of carbonyl (C=O) groups is 2. The molecule has 16 heteroatoms. The van der Waals surface area contributed by atoms with Crippen LogP contribution in [0.15, 0.2) is 77.3 Å². The van der Waals surface area contributed by atoms with Crippen molar-refractivity contribution in [2.24, 2.45) is 0 Å². The highest BCUT2D eigenvalue weighted by Crippen LogP contribution is 2.37. The summed E-state index contributed by atoms with van der Waals surface area (Å²) >= 11 is 2.95. The summed E-state index contributed by atoms with van der Waals surface area (Å²) in [6, 6.07) is 16.5. The molecule has 1 aliphatic heterocycles. The summed E-state index contributed by atoms with van der Waals surface area (Å²) in [6.07, 6.45) is 1.25. The highest BCUT2D eigenvalue weighted by molar-refractivity contribution is 9.10. The van der Waals surface area contributed by atoms with Crippen molar-refractivity contribution in [3.05, 3.63) is 120 Å². The second-order valence-electron chi connectivity index (χ2n) is 11.3. The summed E-state index contributed by atoms with van der Waals surface area (Å²) in [4.78, 5) is 41.3. The van der Waals surface area contributed by atoms with Crippen molar-refractivity contribution in [2.45, 2.75) is 38.9 Å². The monoisotopic (exact) mass is 726 g/mol. The van der Waals surface area contributed by atoms with Gasteiger partial charge in [0, 0.05) is 28.8 Å². The van der Waals surface area contributed by atoms with Crippen molar-refractivity contribution in [1.82, 2.24) is 0 Å².